The number of rotatable bonds is 8. The lowest BCUT2D eigenvalue weighted by Crippen LogP contribution is -2.48. The molecule has 0 aliphatic carbocycles. The van der Waals surface area contributed by atoms with Gasteiger partial charge in [-0.05, 0) is 11.6 Å². The van der Waals surface area contributed by atoms with Gasteiger partial charge in [-0.1, -0.05) is 48.5 Å². The Morgan fingerprint density at radius 1 is 1.07 bits per heavy atom. The van der Waals surface area contributed by atoms with Crippen LogP contribution in [0.1, 0.15) is 11.1 Å². The minimum Gasteiger partial charge on any atom is -0.374 e. The predicted octanol–water partition coefficient (Wildman–Crippen LogP) is 2.79. The predicted molar refractivity (Wildman–Crippen MR) is 98.5 cm³/mol. The van der Waals surface area contributed by atoms with E-state index in [1.807, 2.05) is 30.3 Å². The van der Waals surface area contributed by atoms with Gasteiger partial charge in [-0.15, -0.1) is 0 Å². The van der Waals surface area contributed by atoms with Gasteiger partial charge in [-0.25, -0.2) is 4.39 Å². The molecule has 3 rings (SSSR count). The van der Waals surface area contributed by atoms with E-state index >= 15 is 0 Å². The molecule has 1 unspecified atom stereocenters. The number of carbonyl (C=O) groups is 1. The molecule has 27 heavy (non-hydrogen) atoms. The molecule has 1 heterocycles. The van der Waals surface area contributed by atoms with Crippen LogP contribution in [0.3, 0.4) is 0 Å². The van der Waals surface area contributed by atoms with Crippen LogP contribution in [0.15, 0.2) is 54.6 Å². The van der Waals surface area contributed by atoms with Gasteiger partial charge in [0.15, 0.2) is 0 Å². The number of carbonyl (C=O) groups excluding carboxylic acids is 1. The lowest BCUT2D eigenvalue weighted by molar-refractivity contribution is -0.146. The van der Waals surface area contributed by atoms with E-state index in [0.29, 0.717) is 38.5 Å². The fourth-order valence-electron chi connectivity index (χ4n) is 2.88. The average Bonchev–Trinajstić information content (AvgIpc) is 2.70. The molecule has 0 saturated carbocycles. The summed E-state index contributed by atoms with van der Waals surface area (Å²) in [6.45, 7) is 2.38. The Bertz CT molecular complexity index is 725. The van der Waals surface area contributed by atoms with Gasteiger partial charge >= 0.3 is 0 Å². The molecule has 0 aromatic heterocycles. The van der Waals surface area contributed by atoms with Gasteiger partial charge in [-0.3, -0.25) is 4.79 Å². The number of hydrogen-bond donors (Lipinski definition) is 0. The molecule has 0 bridgehead atoms. The van der Waals surface area contributed by atoms with Crippen molar-refractivity contribution in [3.63, 3.8) is 0 Å². The highest BCUT2D eigenvalue weighted by atomic mass is 19.1. The number of amides is 1. The molecule has 1 atom stereocenters. The minimum atomic E-state index is -0.283. The van der Waals surface area contributed by atoms with Crippen molar-refractivity contribution in [3.8, 4) is 0 Å². The molecule has 2 aromatic rings. The maximum atomic E-state index is 13.6. The Balaban J connectivity index is 1.38. The molecule has 144 valence electrons. The highest BCUT2D eigenvalue weighted by molar-refractivity contribution is 5.77. The zero-order valence-corrected chi connectivity index (χ0v) is 15.2. The largest absolute Gasteiger partial charge is 0.374 e. The van der Waals surface area contributed by atoms with Crippen molar-refractivity contribution in [2.75, 3.05) is 32.9 Å². The van der Waals surface area contributed by atoms with Gasteiger partial charge in [-0.2, -0.15) is 0 Å². The molecule has 0 spiro atoms. The molecular formula is C21H24FNO4. The van der Waals surface area contributed by atoms with Crippen LogP contribution in [0.5, 0.6) is 0 Å². The first kappa shape index (κ1) is 19.5. The molecular weight excluding hydrogens is 349 g/mol. The second-order valence-corrected chi connectivity index (χ2v) is 6.42. The summed E-state index contributed by atoms with van der Waals surface area (Å²) in [4.78, 5) is 14.1. The number of nitrogens with zero attached hydrogens (tertiary/aromatic N) is 1. The molecule has 2 aromatic carbocycles. The zero-order chi connectivity index (χ0) is 18.9. The van der Waals surface area contributed by atoms with Gasteiger partial charge < -0.3 is 19.1 Å². The third-order valence-electron chi connectivity index (χ3n) is 4.35. The first-order valence-electron chi connectivity index (χ1n) is 9.04. The van der Waals surface area contributed by atoms with E-state index in [4.69, 9.17) is 14.2 Å². The molecule has 1 saturated heterocycles. The van der Waals surface area contributed by atoms with Crippen molar-refractivity contribution in [2.24, 2.45) is 0 Å². The van der Waals surface area contributed by atoms with Gasteiger partial charge in [0.25, 0.3) is 0 Å². The minimum absolute atomic E-state index is 0.0394. The van der Waals surface area contributed by atoms with E-state index in [2.05, 4.69) is 0 Å². The summed E-state index contributed by atoms with van der Waals surface area (Å²) in [5.41, 5.74) is 1.54. The first-order valence-corrected chi connectivity index (χ1v) is 9.04. The summed E-state index contributed by atoms with van der Waals surface area (Å²) < 4.78 is 30.3. The lowest BCUT2D eigenvalue weighted by atomic mass is 10.2. The van der Waals surface area contributed by atoms with Gasteiger partial charge in [0.05, 0.1) is 32.5 Å². The van der Waals surface area contributed by atoms with Gasteiger partial charge in [0.2, 0.25) is 5.91 Å². The summed E-state index contributed by atoms with van der Waals surface area (Å²) >= 11 is 0. The zero-order valence-electron chi connectivity index (χ0n) is 15.2. The molecule has 1 fully saturated rings. The number of halogens is 1. The quantitative estimate of drug-likeness (QED) is 0.714. The molecule has 0 radical (unpaired) electrons. The van der Waals surface area contributed by atoms with Crippen LogP contribution in [0, 0.1) is 5.82 Å². The lowest BCUT2D eigenvalue weighted by Gasteiger charge is -2.32. The van der Waals surface area contributed by atoms with Crippen molar-refractivity contribution in [3.05, 3.63) is 71.5 Å². The molecule has 1 aliphatic rings. The maximum Gasteiger partial charge on any atom is 0.248 e. The monoisotopic (exact) mass is 373 g/mol. The number of ether oxygens (including phenoxy) is 3. The highest BCUT2D eigenvalue weighted by Crippen LogP contribution is 2.11. The van der Waals surface area contributed by atoms with Crippen LogP contribution in [0.4, 0.5) is 4.39 Å². The van der Waals surface area contributed by atoms with E-state index in [1.54, 1.807) is 23.1 Å². The number of hydrogen-bond acceptors (Lipinski definition) is 4. The molecule has 6 heteroatoms. The highest BCUT2D eigenvalue weighted by Gasteiger charge is 2.24. The second kappa shape index (κ2) is 10.2. The van der Waals surface area contributed by atoms with E-state index in [-0.39, 0.29) is 31.0 Å². The Labute approximate surface area is 158 Å². The Morgan fingerprint density at radius 2 is 1.85 bits per heavy atom. The van der Waals surface area contributed by atoms with E-state index in [1.165, 1.54) is 6.07 Å². The molecule has 1 amide bonds. The average molecular weight is 373 g/mol. The third kappa shape index (κ3) is 6.13. The summed E-state index contributed by atoms with van der Waals surface area (Å²) in [5.74, 6) is -0.345. The fourth-order valence-corrected chi connectivity index (χ4v) is 2.88. The standard InChI is InChI=1S/C21H24FNO4/c22-20-9-5-4-8-18(20)14-26-15-19-12-23(10-11-27-19)21(24)16-25-13-17-6-2-1-3-7-17/h1-9,19H,10-16H2. The normalized spacial score (nSPS) is 17.1. The number of morpholine rings is 1. The topological polar surface area (TPSA) is 48.0 Å². The van der Waals surface area contributed by atoms with Crippen molar-refractivity contribution in [1.82, 2.24) is 4.90 Å². The van der Waals surface area contributed by atoms with Crippen molar-refractivity contribution in [2.45, 2.75) is 19.3 Å². The van der Waals surface area contributed by atoms with Gasteiger partial charge in [0, 0.05) is 18.7 Å². The maximum absolute atomic E-state index is 13.6. The van der Waals surface area contributed by atoms with Crippen molar-refractivity contribution < 1.29 is 23.4 Å². The van der Waals surface area contributed by atoms with Crippen molar-refractivity contribution in [1.29, 1.82) is 0 Å². The van der Waals surface area contributed by atoms with E-state index < -0.39 is 0 Å². The smallest absolute Gasteiger partial charge is 0.248 e. The Hall–Kier alpha value is -2.28. The summed E-state index contributed by atoms with van der Waals surface area (Å²) in [5, 5.41) is 0. The SMILES string of the molecule is O=C(COCc1ccccc1)N1CCOC(COCc2ccccc2F)C1. The van der Waals surface area contributed by atoms with E-state index in [9.17, 15) is 9.18 Å². The van der Waals surface area contributed by atoms with Crippen LogP contribution in [0.25, 0.3) is 0 Å². The fraction of sp³-hybridized carbons (Fsp3) is 0.381. The molecule has 1 aliphatic heterocycles. The van der Waals surface area contributed by atoms with Crippen LogP contribution in [0.2, 0.25) is 0 Å². The Morgan fingerprint density at radius 3 is 2.67 bits per heavy atom. The van der Waals surface area contributed by atoms with Gasteiger partial charge in [0.1, 0.15) is 12.4 Å². The van der Waals surface area contributed by atoms with Crippen LogP contribution >= 0.6 is 0 Å². The third-order valence-corrected chi connectivity index (χ3v) is 4.35. The second-order valence-electron chi connectivity index (χ2n) is 6.42. The summed E-state index contributed by atoms with van der Waals surface area (Å²) in [7, 11) is 0. The molecule has 0 N–H and O–H groups in total. The van der Waals surface area contributed by atoms with Crippen LogP contribution in [-0.4, -0.2) is 49.8 Å². The summed E-state index contributed by atoms with van der Waals surface area (Å²) in [6, 6.07) is 16.3. The number of benzene rings is 2. The van der Waals surface area contributed by atoms with Crippen LogP contribution < -0.4 is 0 Å². The van der Waals surface area contributed by atoms with E-state index in [0.717, 1.165) is 5.56 Å². The first-order chi connectivity index (χ1) is 13.2. The summed E-state index contributed by atoms with van der Waals surface area (Å²) in [6.07, 6.45) is -0.219. The van der Waals surface area contributed by atoms with Crippen LogP contribution in [-0.2, 0) is 32.2 Å². The molecule has 5 nitrogen and oxygen atoms in total. The Kier molecular flexibility index (Phi) is 7.33. The van der Waals surface area contributed by atoms with Crippen molar-refractivity contribution >= 4 is 5.91 Å².